The Hall–Kier alpha value is -1.73. The average molecular weight is 337 g/mol. The van der Waals surface area contributed by atoms with E-state index in [0.29, 0.717) is 12.5 Å². The summed E-state index contributed by atoms with van der Waals surface area (Å²) in [7, 11) is 0. The van der Waals surface area contributed by atoms with Gasteiger partial charge in [0.15, 0.2) is 0 Å². The molecular weight excluding hydrogens is 320 g/mol. The van der Waals surface area contributed by atoms with E-state index in [9.17, 15) is 0 Å². The zero-order valence-corrected chi connectivity index (χ0v) is 13.1. The van der Waals surface area contributed by atoms with Crippen LogP contribution < -0.4 is 16.2 Å². The first-order valence-corrected chi connectivity index (χ1v) is 7.10. The van der Waals surface area contributed by atoms with Crippen molar-refractivity contribution in [2.45, 2.75) is 20.4 Å². The molecule has 0 bridgehead atoms. The number of rotatable bonds is 5. The molecule has 2 aromatic rings. The van der Waals surface area contributed by atoms with Crippen LogP contribution in [0, 0.1) is 6.92 Å². The number of nitrogen functional groups attached to an aromatic ring is 1. The van der Waals surface area contributed by atoms with Crippen LogP contribution in [0.3, 0.4) is 0 Å². The smallest absolute Gasteiger partial charge is 0.239 e. The normalized spacial score (nSPS) is 10.4. The minimum atomic E-state index is 0.388. The number of aromatic nitrogens is 3. The zero-order chi connectivity index (χ0) is 14.5. The lowest BCUT2D eigenvalue weighted by Crippen LogP contribution is -2.25. The molecule has 2 heterocycles. The summed E-state index contributed by atoms with van der Waals surface area (Å²) in [6.07, 6.45) is 1.68. The van der Waals surface area contributed by atoms with Gasteiger partial charge in [-0.1, -0.05) is 6.07 Å². The van der Waals surface area contributed by atoms with E-state index in [1.54, 1.807) is 6.20 Å². The maximum atomic E-state index is 5.36. The van der Waals surface area contributed by atoms with Crippen LogP contribution in [0.4, 0.5) is 11.8 Å². The molecule has 7 heteroatoms. The number of nitrogens with one attached hydrogen (secondary N) is 1. The average Bonchev–Trinajstić information content (AvgIpc) is 2.46. The third-order valence-electron chi connectivity index (χ3n) is 2.83. The minimum Gasteiger partial charge on any atom is -0.350 e. The Morgan fingerprint density at radius 3 is 2.80 bits per heavy atom. The van der Waals surface area contributed by atoms with Crippen LogP contribution in [0.2, 0.25) is 0 Å². The Bertz CT molecular complexity index is 589. The highest BCUT2D eigenvalue weighted by atomic mass is 79.9. The van der Waals surface area contributed by atoms with Crippen molar-refractivity contribution in [1.29, 1.82) is 0 Å². The zero-order valence-electron chi connectivity index (χ0n) is 11.5. The van der Waals surface area contributed by atoms with Crippen molar-refractivity contribution in [3.63, 3.8) is 0 Å². The Morgan fingerprint density at radius 2 is 2.15 bits per heavy atom. The number of aryl methyl sites for hydroxylation is 1. The topological polar surface area (TPSA) is 80.0 Å². The van der Waals surface area contributed by atoms with Crippen molar-refractivity contribution in [2.75, 3.05) is 16.9 Å². The summed E-state index contributed by atoms with van der Waals surface area (Å²) in [4.78, 5) is 15.1. The predicted octanol–water partition coefficient (Wildman–Crippen LogP) is 2.25. The monoisotopic (exact) mass is 336 g/mol. The van der Waals surface area contributed by atoms with E-state index in [0.717, 1.165) is 28.2 Å². The Morgan fingerprint density at radius 1 is 1.35 bits per heavy atom. The molecule has 0 aromatic carbocycles. The van der Waals surface area contributed by atoms with Gasteiger partial charge in [-0.3, -0.25) is 10.4 Å². The molecule has 0 fully saturated rings. The maximum absolute atomic E-state index is 5.36. The summed E-state index contributed by atoms with van der Waals surface area (Å²) < 4.78 is 0.825. The Labute approximate surface area is 126 Å². The van der Waals surface area contributed by atoms with E-state index in [2.05, 4.69) is 48.1 Å². The van der Waals surface area contributed by atoms with E-state index in [1.807, 2.05) is 25.1 Å². The van der Waals surface area contributed by atoms with Crippen molar-refractivity contribution in [2.24, 2.45) is 5.84 Å². The second kappa shape index (κ2) is 6.62. The van der Waals surface area contributed by atoms with Gasteiger partial charge in [0.05, 0.1) is 16.7 Å². The van der Waals surface area contributed by atoms with E-state index < -0.39 is 0 Å². The molecule has 0 aliphatic carbocycles. The summed E-state index contributed by atoms with van der Waals surface area (Å²) in [5.74, 6) is 6.54. The van der Waals surface area contributed by atoms with Crippen molar-refractivity contribution in [1.82, 2.24) is 15.0 Å². The van der Waals surface area contributed by atoms with Crippen LogP contribution in [0.1, 0.15) is 18.3 Å². The second-order valence-electron chi connectivity index (χ2n) is 4.29. The molecule has 0 spiro atoms. The van der Waals surface area contributed by atoms with Gasteiger partial charge >= 0.3 is 0 Å². The molecule has 0 radical (unpaired) electrons. The van der Waals surface area contributed by atoms with Crippen molar-refractivity contribution in [3.8, 4) is 0 Å². The molecule has 0 saturated heterocycles. The molecule has 0 aliphatic heterocycles. The Kier molecular flexibility index (Phi) is 4.86. The van der Waals surface area contributed by atoms with Gasteiger partial charge in [-0.15, -0.1) is 0 Å². The van der Waals surface area contributed by atoms with Crippen molar-refractivity contribution < 1.29 is 0 Å². The number of hydrazine groups is 1. The largest absolute Gasteiger partial charge is 0.350 e. The van der Waals surface area contributed by atoms with Crippen LogP contribution in [-0.2, 0) is 6.54 Å². The fraction of sp³-hybridized carbons (Fsp3) is 0.308. The first-order chi connectivity index (χ1) is 9.63. The number of hydrogen-bond donors (Lipinski definition) is 2. The van der Waals surface area contributed by atoms with Crippen molar-refractivity contribution in [3.05, 3.63) is 40.3 Å². The number of halogens is 1. The highest BCUT2D eigenvalue weighted by Gasteiger charge is 2.13. The molecule has 20 heavy (non-hydrogen) atoms. The molecule has 2 aromatic heterocycles. The van der Waals surface area contributed by atoms with Gasteiger partial charge < -0.3 is 4.90 Å². The molecule has 0 amide bonds. The lowest BCUT2D eigenvalue weighted by atomic mass is 10.3. The van der Waals surface area contributed by atoms with Gasteiger partial charge in [0, 0.05) is 18.4 Å². The SMILES string of the molecule is CCN(Cc1cccc(C)n1)c1nc(NN)ncc1Br. The molecule has 0 atom stereocenters. The lowest BCUT2D eigenvalue weighted by molar-refractivity contribution is 0.785. The maximum Gasteiger partial charge on any atom is 0.239 e. The summed E-state index contributed by atoms with van der Waals surface area (Å²) in [5.41, 5.74) is 4.47. The van der Waals surface area contributed by atoms with Gasteiger partial charge in [-0.25, -0.2) is 10.8 Å². The van der Waals surface area contributed by atoms with Crippen LogP contribution in [0.5, 0.6) is 0 Å². The Balaban J connectivity index is 2.28. The van der Waals surface area contributed by atoms with Gasteiger partial charge in [0.1, 0.15) is 5.82 Å². The minimum absolute atomic E-state index is 0.388. The number of hydrogen-bond acceptors (Lipinski definition) is 6. The van der Waals surface area contributed by atoms with Crippen LogP contribution in [0.25, 0.3) is 0 Å². The molecule has 0 unspecified atom stereocenters. The van der Waals surface area contributed by atoms with Crippen molar-refractivity contribution >= 4 is 27.7 Å². The highest BCUT2D eigenvalue weighted by Crippen LogP contribution is 2.25. The van der Waals surface area contributed by atoms with Gasteiger partial charge in [0.2, 0.25) is 5.95 Å². The summed E-state index contributed by atoms with van der Waals surface area (Å²) in [6.45, 7) is 5.53. The standard InChI is InChI=1S/C13H17BrN6/c1-3-20(8-10-6-4-5-9(2)17-10)12-11(14)7-16-13(18-12)19-15/h4-7H,3,8,15H2,1-2H3,(H,16,18,19). The molecule has 106 valence electrons. The summed E-state index contributed by atoms with van der Waals surface area (Å²) in [5, 5.41) is 0. The van der Waals surface area contributed by atoms with Crippen LogP contribution in [0.15, 0.2) is 28.9 Å². The van der Waals surface area contributed by atoms with E-state index >= 15 is 0 Å². The van der Waals surface area contributed by atoms with Crippen LogP contribution in [-0.4, -0.2) is 21.5 Å². The first kappa shape index (κ1) is 14.7. The lowest BCUT2D eigenvalue weighted by Gasteiger charge is -2.23. The number of nitrogens with zero attached hydrogens (tertiary/aromatic N) is 4. The van der Waals surface area contributed by atoms with E-state index in [4.69, 9.17) is 5.84 Å². The van der Waals surface area contributed by atoms with Gasteiger partial charge in [0.25, 0.3) is 0 Å². The van der Waals surface area contributed by atoms with Crippen LogP contribution >= 0.6 is 15.9 Å². The molecule has 0 aliphatic rings. The molecule has 3 N–H and O–H groups in total. The fourth-order valence-corrected chi connectivity index (χ4v) is 2.31. The number of anilines is 2. The van der Waals surface area contributed by atoms with Gasteiger partial charge in [-0.05, 0) is 41.9 Å². The van der Waals surface area contributed by atoms with E-state index in [-0.39, 0.29) is 0 Å². The fourth-order valence-electron chi connectivity index (χ4n) is 1.87. The molecular formula is C13H17BrN6. The third-order valence-corrected chi connectivity index (χ3v) is 3.39. The quantitative estimate of drug-likeness (QED) is 0.644. The molecule has 0 saturated carbocycles. The molecule has 6 nitrogen and oxygen atoms in total. The number of nitrogens with two attached hydrogens (primary N) is 1. The number of pyridine rings is 1. The van der Waals surface area contributed by atoms with Gasteiger partial charge in [-0.2, -0.15) is 4.98 Å². The van der Waals surface area contributed by atoms with E-state index in [1.165, 1.54) is 0 Å². The third kappa shape index (κ3) is 3.43. The first-order valence-electron chi connectivity index (χ1n) is 6.30. The summed E-state index contributed by atoms with van der Waals surface area (Å²) in [6, 6.07) is 6.00. The summed E-state index contributed by atoms with van der Waals surface area (Å²) >= 11 is 3.47. The molecule has 2 rings (SSSR count). The predicted molar refractivity (Wildman–Crippen MR) is 83.2 cm³/mol. The second-order valence-corrected chi connectivity index (χ2v) is 5.15. The highest BCUT2D eigenvalue weighted by molar-refractivity contribution is 9.10.